The lowest BCUT2D eigenvalue weighted by atomic mass is 9.66. The Bertz CT molecular complexity index is 1030. The Morgan fingerprint density at radius 1 is 1.16 bits per heavy atom. The maximum Gasteiger partial charge on any atom is 0.509 e. The molecule has 38 heavy (non-hydrogen) atoms. The zero-order valence-corrected chi connectivity index (χ0v) is 24.0. The van der Waals surface area contributed by atoms with Crippen LogP contribution in [0.3, 0.4) is 0 Å². The van der Waals surface area contributed by atoms with Gasteiger partial charge in [0.15, 0.2) is 12.4 Å². The highest BCUT2D eigenvalue weighted by Crippen LogP contribution is 2.46. The number of carbonyl (C=O) groups excluding carboxylic acids is 4. The first-order chi connectivity index (χ1) is 17.5. The molecule has 10 nitrogen and oxygen atoms in total. The molecule has 0 radical (unpaired) electrons. The molecule has 1 saturated heterocycles. The van der Waals surface area contributed by atoms with E-state index in [9.17, 15) is 24.3 Å². The quantitative estimate of drug-likeness (QED) is 0.397. The summed E-state index contributed by atoms with van der Waals surface area (Å²) in [5.41, 5.74) is -2.20. The van der Waals surface area contributed by atoms with Crippen LogP contribution in [0.15, 0.2) is 24.3 Å². The molecule has 2 rings (SSSR count). The Hall–Kier alpha value is -2.85. The highest BCUT2D eigenvalue weighted by molar-refractivity contribution is 6.30. The van der Waals surface area contributed by atoms with Crippen LogP contribution in [-0.4, -0.2) is 71.8 Å². The number of amides is 3. The molecule has 1 aromatic carbocycles. The van der Waals surface area contributed by atoms with Crippen molar-refractivity contribution < 1.29 is 33.8 Å². The van der Waals surface area contributed by atoms with Gasteiger partial charge in [0.25, 0.3) is 0 Å². The third-order valence-corrected chi connectivity index (χ3v) is 6.98. The van der Waals surface area contributed by atoms with Gasteiger partial charge < -0.3 is 30.1 Å². The lowest BCUT2D eigenvalue weighted by Gasteiger charge is -2.51. The molecule has 3 amide bonds. The molecule has 0 aliphatic carbocycles. The average Bonchev–Trinajstić information content (AvgIpc) is 2.81. The van der Waals surface area contributed by atoms with E-state index in [1.165, 1.54) is 6.92 Å². The molecular weight excluding hydrogens is 514 g/mol. The molecule has 1 fully saturated rings. The van der Waals surface area contributed by atoms with Crippen molar-refractivity contribution in [2.75, 3.05) is 26.2 Å². The fraction of sp³-hybridized carbons (Fsp3) is 0.630. The predicted octanol–water partition coefficient (Wildman–Crippen LogP) is 3.63. The minimum atomic E-state index is -1.15. The average molecular weight is 554 g/mol. The second kappa shape index (κ2) is 12.3. The zero-order chi connectivity index (χ0) is 28.9. The van der Waals surface area contributed by atoms with E-state index in [4.69, 9.17) is 21.1 Å². The molecule has 1 heterocycles. The lowest BCUT2D eigenvalue weighted by molar-refractivity contribution is -0.155. The Morgan fingerprint density at radius 2 is 1.76 bits per heavy atom. The first kappa shape index (κ1) is 31.4. The smallest absolute Gasteiger partial charge is 0.426 e. The molecule has 0 unspecified atom stereocenters. The number of aliphatic hydroxyl groups is 1. The van der Waals surface area contributed by atoms with Gasteiger partial charge in [-0.15, -0.1) is 0 Å². The van der Waals surface area contributed by atoms with E-state index in [0.717, 1.165) is 5.56 Å². The number of likely N-dealkylation sites (tertiary alicyclic amines) is 1. The molecule has 11 heteroatoms. The van der Waals surface area contributed by atoms with Crippen molar-refractivity contribution in [1.29, 1.82) is 0 Å². The summed E-state index contributed by atoms with van der Waals surface area (Å²) in [6, 6.07) is 5.68. The number of piperidine rings is 1. The zero-order valence-electron chi connectivity index (χ0n) is 23.2. The molecule has 0 bridgehead atoms. The van der Waals surface area contributed by atoms with E-state index in [2.05, 4.69) is 10.6 Å². The van der Waals surface area contributed by atoms with Crippen LogP contribution in [0.25, 0.3) is 0 Å². The monoisotopic (exact) mass is 553 g/mol. The lowest BCUT2D eigenvalue weighted by Crippen LogP contribution is -2.61. The van der Waals surface area contributed by atoms with Crippen LogP contribution in [0.5, 0.6) is 0 Å². The third kappa shape index (κ3) is 8.07. The minimum absolute atomic E-state index is 0.0577. The number of hydrogen-bond donors (Lipinski definition) is 3. The van der Waals surface area contributed by atoms with Gasteiger partial charge in [-0.25, -0.2) is 9.59 Å². The topological polar surface area (TPSA) is 134 Å². The van der Waals surface area contributed by atoms with Crippen molar-refractivity contribution in [2.24, 2.45) is 11.3 Å². The molecule has 3 N–H and O–H groups in total. The SMILES string of the molecule is CC(=O)COC(=O)OC(C)(C)CNC(=O)N[C@@H](C(=O)N1CC[C@](O)(c2ccc(Cl)cc2)C(C)(C)C1)C(C)C. The van der Waals surface area contributed by atoms with Crippen molar-refractivity contribution in [3.05, 3.63) is 34.9 Å². The normalized spacial score (nSPS) is 19.9. The number of ether oxygens (including phenoxy) is 2. The highest BCUT2D eigenvalue weighted by Gasteiger charge is 2.50. The summed E-state index contributed by atoms with van der Waals surface area (Å²) >= 11 is 6.02. The van der Waals surface area contributed by atoms with Gasteiger partial charge in [0, 0.05) is 23.5 Å². The Balaban J connectivity index is 2.00. The summed E-state index contributed by atoms with van der Waals surface area (Å²) in [6.07, 6.45) is -0.691. The number of Topliss-reactive ketones (excluding diaryl/α,β-unsaturated/α-hetero) is 1. The van der Waals surface area contributed by atoms with Gasteiger partial charge in [-0.2, -0.15) is 0 Å². The number of rotatable bonds is 9. The number of nitrogens with one attached hydrogen (secondary N) is 2. The molecule has 212 valence electrons. The van der Waals surface area contributed by atoms with Gasteiger partial charge in [-0.05, 0) is 50.8 Å². The fourth-order valence-electron chi connectivity index (χ4n) is 4.42. The summed E-state index contributed by atoms with van der Waals surface area (Å²) < 4.78 is 9.85. The van der Waals surface area contributed by atoms with Crippen LogP contribution in [-0.2, 0) is 24.7 Å². The van der Waals surface area contributed by atoms with Gasteiger partial charge in [0.2, 0.25) is 5.91 Å². The second-order valence-corrected chi connectivity index (χ2v) is 11.8. The molecule has 1 aliphatic rings. The first-order valence-corrected chi connectivity index (χ1v) is 13.0. The highest BCUT2D eigenvalue weighted by atomic mass is 35.5. The molecule has 0 spiro atoms. The number of nitrogens with zero attached hydrogens (tertiary/aromatic N) is 1. The van der Waals surface area contributed by atoms with E-state index >= 15 is 0 Å². The summed E-state index contributed by atoms with van der Waals surface area (Å²) in [5.74, 6) is -0.780. The van der Waals surface area contributed by atoms with Crippen molar-refractivity contribution in [3.63, 3.8) is 0 Å². The van der Waals surface area contributed by atoms with E-state index in [1.807, 2.05) is 27.7 Å². The number of halogens is 1. The maximum atomic E-state index is 13.5. The van der Waals surface area contributed by atoms with E-state index in [-0.39, 0.29) is 24.2 Å². The molecular formula is C27H40ClN3O7. The summed E-state index contributed by atoms with van der Waals surface area (Å²) in [4.78, 5) is 50.5. The van der Waals surface area contributed by atoms with E-state index in [1.54, 1.807) is 43.0 Å². The first-order valence-electron chi connectivity index (χ1n) is 12.6. The van der Waals surface area contributed by atoms with Gasteiger partial charge >= 0.3 is 12.2 Å². The maximum absolute atomic E-state index is 13.5. The van der Waals surface area contributed by atoms with Crippen LogP contribution < -0.4 is 10.6 Å². The van der Waals surface area contributed by atoms with Crippen molar-refractivity contribution in [3.8, 4) is 0 Å². The summed E-state index contributed by atoms with van der Waals surface area (Å²) in [6.45, 7) is 12.1. The number of hydrogen-bond acceptors (Lipinski definition) is 7. The molecule has 0 aromatic heterocycles. The van der Waals surface area contributed by atoms with Gasteiger partial charge in [0.05, 0.1) is 12.1 Å². The molecule has 2 atom stereocenters. The fourth-order valence-corrected chi connectivity index (χ4v) is 4.54. The third-order valence-electron chi connectivity index (χ3n) is 6.73. The number of ketones is 1. The second-order valence-electron chi connectivity index (χ2n) is 11.4. The molecule has 1 aromatic rings. The van der Waals surface area contributed by atoms with Gasteiger partial charge in [0.1, 0.15) is 11.6 Å². The van der Waals surface area contributed by atoms with E-state index in [0.29, 0.717) is 24.5 Å². The van der Waals surface area contributed by atoms with E-state index < -0.39 is 41.5 Å². The molecule has 0 saturated carbocycles. The van der Waals surface area contributed by atoms with Crippen LogP contribution in [0.1, 0.15) is 60.5 Å². The largest absolute Gasteiger partial charge is 0.509 e. The number of benzene rings is 1. The standard InChI is InChI=1S/C27H40ClN3O7/c1-17(2)21(30-23(34)29-15-26(6,7)38-24(35)37-14-18(3)32)22(33)31-13-12-27(36,25(4,5)16-31)19-8-10-20(28)11-9-19/h8-11,17,21,36H,12-16H2,1-7H3,(H2,29,30,34)/t21-,27+/m1/s1. The minimum Gasteiger partial charge on any atom is -0.426 e. The number of urea groups is 1. The van der Waals surface area contributed by atoms with Crippen molar-refractivity contribution >= 4 is 35.5 Å². The number of carbonyl (C=O) groups is 4. The van der Waals surface area contributed by atoms with Gasteiger partial charge in [-0.1, -0.05) is 51.4 Å². The van der Waals surface area contributed by atoms with Gasteiger partial charge in [-0.3, -0.25) is 9.59 Å². The predicted molar refractivity (Wildman–Crippen MR) is 143 cm³/mol. The van der Waals surface area contributed by atoms with Crippen molar-refractivity contribution in [1.82, 2.24) is 15.5 Å². The summed E-state index contributed by atoms with van der Waals surface area (Å²) in [7, 11) is 0. The van der Waals surface area contributed by atoms with Crippen LogP contribution >= 0.6 is 11.6 Å². The Kier molecular flexibility index (Phi) is 10.2. The molecule has 1 aliphatic heterocycles. The summed E-state index contributed by atoms with van der Waals surface area (Å²) in [5, 5.41) is 17.5. The van der Waals surface area contributed by atoms with Crippen LogP contribution in [0, 0.1) is 11.3 Å². The Morgan fingerprint density at radius 3 is 2.29 bits per heavy atom. The van der Waals surface area contributed by atoms with Crippen molar-refractivity contribution in [2.45, 2.75) is 72.1 Å². The Labute approximate surface area is 229 Å². The van der Waals surface area contributed by atoms with Crippen LogP contribution in [0.2, 0.25) is 5.02 Å². The van der Waals surface area contributed by atoms with Crippen LogP contribution in [0.4, 0.5) is 9.59 Å².